The molecule has 0 spiro atoms. The molecule has 2 aromatic carbocycles. The quantitative estimate of drug-likeness (QED) is 0.562. The van der Waals surface area contributed by atoms with Crippen molar-refractivity contribution in [1.82, 2.24) is 0 Å². The molecule has 0 amide bonds. The second kappa shape index (κ2) is 6.90. The van der Waals surface area contributed by atoms with E-state index in [-0.39, 0.29) is 12.4 Å². The molecule has 0 aliphatic carbocycles. The fraction of sp³-hybridized carbons (Fsp3) is 0.235. The molecular formula is C17H20N2O2. The molecule has 4 nitrogen and oxygen atoms in total. The van der Waals surface area contributed by atoms with E-state index in [1.165, 1.54) is 0 Å². The van der Waals surface area contributed by atoms with Gasteiger partial charge in [0.2, 0.25) is 0 Å². The summed E-state index contributed by atoms with van der Waals surface area (Å²) in [6.07, 6.45) is 1.12. The molecule has 0 fully saturated rings. The zero-order chi connectivity index (χ0) is 15.2. The summed E-state index contributed by atoms with van der Waals surface area (Å²) in [5, 5.41) is 12.1. The standard InChI is InChI=1S/C17H20N2O2/c1-2-17(21)13-5-8-16(15(18)11-13)19-14-6-3-12(4-7-14)9-10-20/h3-8,11,19-20H,2,9-10,18H2,1H3. The number of benzene rings is 2. The fourth-order valence-electron chi connectivity index (χ4n) is 2.09. The van der Waals surface area contributed by atoms with E-state index in [0.717, 1.165) is 16.9 Å². The van der Waals surface area contributed by atoms with Crippen LogP contribution in [0, 0.1) is 0 Å². The first-order chi connectivity index (χ1) is 10.1. The Morgan fingerprint density at radius 2 is 1.90 bits per heavy atom. The molecule has 0 bridgehead atoms. The number of anilines is 3. The lowest BCUT2D eigenvalue weighted by atomic mass is 10.1. The summed E-state index contributed by atoms with van der Waals surface area (Å²) in [5.74, 6) is 0.0848. The van der Waals surface area contributed by atoms with Crippen LogP contribution in [0.1, 0.15) is 29.3 Å². The van der Waals surface area contributed by atoms with Crippen LogP contribution in [0.4, 0.5) is 17.1 Å². The highest BCUT2D eigenvalue weighted by molar-refractivity contribution is 5.97. The number of ketones is 1. The van der Waals surface area contributed by atoms with Gasteiger partial charge in [-0.25, -0.2) is 0 Å². The minimum absolute atomic E-state index is 0.0848. The summed E-state index contributed by atoms with van der Waals surface area (Å²) in [6, 6.07) is 13.1. The highest BCUT2D eigenvalue weighted by Crippen LogP contribution is 2.25. The molecule has 0 aliphatic heterocycles. The largest absolute Gasteiger partial charge is 0.397 e. The van der Waals surface area contributed by atoms with Crippen LogP contribution >= 0.6 is 0 Å². The van der Waals surface area contributed by atoms with Crippen LogP contribution in [-0.2, 0) is 6.42 Å². The van der Waals surface area contributed by atoms with Crippen molar-refractivity contribution in [3.8, 4) is 0 Å². The molecule has 0 unspecified atom stereocenters. The van der Waals surface area contributed by atoms with E-state index < -0.39 is 0 Å². The Hall–Kier alpha value is -2.33. The molecule has 21 heavy (non-hydrogen) atoms. The van der Waals surface area contributed by atoms with Crippen molar-refractivity contribution in [2.75, 3.05) is 17.7 Å². The second-order valence-electron chi connectivity index (χ2n) is 4.87. The van der Waals surface area contributed by atoms with Gasteiger partial charge in [-0.15, -0.1) is 0 Å². The van der Waals surface area contributed by atoms with E-state index >= 15 is 0 Å². The molecule has 0 saturated carbocycles. The number of hydrogen-bond acceptors (Lipinski definition) is 4. The van der Waals surface area contributed by atoms with E-state index in [2.05, 4.69) is 5.32 Å². The Labute approximate surface area is 124 Å². The Balaban J connectivity index is 2.14. The number of hydrogen-bond donors (Lipinski definition) is 3. The summed E-state index contributed by atoms with van der Waals surface area (Å²) in [6.45, 7) is 1.98. The number of carbonyl (C=O) groups excluding carboxylic acids is 1. The molecule has 0 saturated heterocycles. The van der Waals surface area contributed by atoms with Crippen LogP contribution in [0.15, 0.2) is 42.5 Å². The maximum atomic E-state index is 11.6. The molecule has 0 radical (unpaired) electrons. The van der Waals surface area contributed by atoms with E-state index in [0.29, 0.717) is 24.1 Å². The van der Waals surface area contributed by atoms with Crippen molar-refractivity contribution < 1.29 is 9.90 Å². The van der Waals surface area contributed by atoms with Gasteiger partial charge >= 0.3 is 0 Å². The number of nitrogen functional groups attached to an aromatic ring is 1. The molecule has 0 aromatic heterocycles. The van der Waals surface area contributed by atoms with Crippen LogP contribution in [0.3, 0.4) is 0 Å². The number of carbonyl (C=O) groups is 1. The van der Waals surface area contributed by atoms with Gasteiger partial charge in [0.25, 0.3) is 0 Å². The second-order valence-corrected chi connectivity index (χ2v) is 4.87. The summed E-state index contributed by atoms with van der Waals surface area (Å²) < 4.78 is 0. The molecule has 110 valence electrons. The normalized spacial score (nSPS) is 10.4. The van der Waals surface area contributed by atoms with Crippen molar-refractivity contribution in [3.05, 3.63) is 53.6 Å². The third-order valence-corrected chi connectivity index (χ3v) is 3.33. The molecule has 0 aliphatic rings. The van der Waals surface area contributed by atoms with Crippen molar-refractivity contribution >= 4 is 22.8 Å². The zero-order valence-electron chi connectivity index (χ0n) is 12.1. The molecule has 0 atom stereocenters. The monoisotopic (exact) mass is 284 g/mol. The summed E-state index contributed by atoms with van der Waals surface area (Å²) in [4.78, 5) is 11.6. The van der Waals surface area contributed by atoms with Gasteiger partial charge in [-0.2, -0.15) is 0 Å². The first kappa shape index (κ1) is 15.1. The number of aliphatic hydroxyl groups is 1. The van der Waals surface area contributed by atoms with Crippen LogP contribution in [0.5, 0.6) is 0 Å². The Morgan fingerprint density at radius 1 is 1.19 bits per heavy atom. The summed E-state index contributed by atoms with van der Waals surface area (Å²) in [7, 11) is 0. The lowest BCUT2D eigenvalue weighted by molar-refractivity contribution is 0.0988. The number of Topliss-reactive ketones (excluding diaryl/α,β-unsaturated/α-hetero) is 1. The maximum absolute atomic E-state index is 11.6. The number of nitrogens with one attached hydrogen (secondary N) is 1. The van der Waals surface area contributed by atoms with Gasteiger partial charge in [0, 0.05) is 24.3 Å². The summed E-state index contributed by atoms with van der Waals surface area (Å²) in [5.41, 5.74) is 9.95. The topological polar surface area (TPSA) is 75.3 Å². The minimum atomic E-state index is 0.0848. The maximum Gasteiger partial charge on any atom is 0.162 e. The van der Waals surface area contributed by atoms with E-state index in [4.69, 9.17) is 10.8 Å². The highest BCUT2D eigenvalue weighted by Gasteiger charge is 2.06. The number of aliphatic hydroxyl groups excluding tert-OH is 1. The Kier molecular flexibility index (Phi) is 4.95. The minimum Gasteiger partial charge on any atom is -0.397 e. The van der Waals surface area contributed by atoms with Crippen LogP contribution in [-0.4, -0.2) is 17.5 Å². The smallest absolute Gasteiger partial charge is 0.162 e. The van der Waals surface area contributed by atoms with Gasteiger partial charge in [0.15, 0.2) is 5.78 Å². The predicted octanol–water partition coefficient (Wildman–Crippen LogP) is 3.14. The van der Waals surface area contributed by atoms with E-state index in [1.54, 1.807) is 12.1 Å². The zero-order valence-corrected chi connectivity index (χ0v) is 12.1. The molecule has 4 heteroatoms. The van der Waals surface area contributed by atoms with Crippen molar-refractivity contribution in [3.63, 3.8) is 0 Å². The Morgan fingerprint density at radius 3 is 2.48 bits per heavy atom. The average Bonchev–Trinajstić information content (AvgIpc) is 2.50. The van der Waals surface area contributed by atoms with Crippen LogP contribution in [0.25, 0.3) is 0 Å². The highest BCUT2D eigenvalue weighted by atomic mass is 16.2. The number of rotatable bonds is 6. The van der Waals surface area contributed by atoms with Crippen molar-refractivity contribution in [2.45, 2.75) is 19.8 Å². The molecule has 0 heterocycles. The van der Waals surface area contributed by atoms with E-state index in [1.807, 2.05) is 37.3 Å². The van der Waals surface area contributed by atoms with Gasteiger partial charge in [0.05, 0.1) is 11.4 Å². The van der Waals surface area contributed by atoms with Crippen LogP contribution in [0.2, 0.25) is 0 Å². The summed E-state index contributed by atoms with van der Waals surface area (Å²) >= 11 is 0. The van der Waals surface area contributed by atoms with E-state index in [9.17, 15) is 4.79 Å². The molecular weight excluding hydrogens is 264 g/mol. The SMILES string of the molecule is CCC(=O)c1ccc(Nc2ccc(CCO)cc2)c(N)c1. The third-order valence-electron chi connectivity index (χ3n) is 3.33. The van der Waals surface area contributed by atoms with Crippen molar-refractivity contribution in [2.24, 2.45) is 0 Å². The lowest BCUT2D eigenvalue weighted by Crippen LogP contribution is -2.01. The number of nitrogens with two attached hydrogens (primary N) is 1. The molecule has 2 rings (SSSR count). The van der Waals surface area contributed by atoms with Gasteiger partial charge in [-0.3, -0.25) is 4.79 Å². The lowest BCUT2D eigenvalue weighted by Gasteiger charge is -2.11. The molecule has 2 aromatic rings. The molecule has 4 N–H and O–H groups in total. The van der Waals surface area contributed by atoms with Gasteiger partial charge in [-0.1, -0.05) is 19.1 Å². The Bertz CT molecular complexity index is 621. The van der Waals surface area contributed by atoms with Gasteiger partial charge in [0.1, 0.15) is 0 Å². The van der Waals surface area contributed by atoms with Gasteiger partial charge in [-0.05, 0) is 42.3 Å². The third kappa shape index (κ3) is 3.83. The first-order valence-electron chi connectivity index (χ1n) is 7.03. The van der Waals surface area contributed by atoms with Gasteiger partial charge < -0.3 is 16.2 Å². The van der Waals surface area contributed by atoms with Crippen molar-refractivity contribution in [1.29, 1.82) is 0 Å². The predicted molar refractivity (Wildman–Crippen MR) is 86.0 cm³/mol. The average molecular weight is 284 g/mol. The van der Waals surface area contributed by atoms with Crippen LogP contribution < -0.4 is 11.1 Å². The first-order valence-corrected chi connectivity index (χ1v) is 7.03. The fourth-order valence-corrected chi connectivity index (χ4v) is 2.09.